The maximum atomic E-state index is 12.8. The molecule has 1 aliphatic heterocycles. The number of aromatic nitrogens is 1. The van der Waals surface area contributed by atoms with Crippen LogP contribution in [-0.4, -0.2) is 34.2 Å². The minimum Gasteiger partial charge on any atom is -0.306 e. The fourth-order valence-corrected chi connectivity index (χ4v) is 3.32. The van der Waals surface area contributed by atoms with Crippen molar-refractivity contribution in [1.29, 1.82) is 0 Å². The van der Waals surface area contributed by atoms with Crippen LogP contribution in [0.3, 0.4) is 0 Å². The number of fused-ring (bicyclic) bond motifs is 1. The highest BCUT2D eigenvalue weighted by Crippen LogP contribution is 2.25. The molecule has 0 radical (unpaired) electrons. The standard InChI is InChI=1S/C23H19N3O3/c1-15-6-5-12-24-20(15)25-21(27)17-9-10-18-19(14-17)23(29)26(22(18)28)13-11-16-7-3-2-4-8-16/h2-10,12,14H,11,13H2,1H3,(H,24,25,27). The molecule has 2 heterocycles. The number of hydrogen-bond acceptors (Lipinski definition) is 4. The van der Waals surface area contributed by atoms with E-state index >= 15 is 0 Å². The predicted octanol–water partition coefficient (Wildman–Crippen LogP) is 3.48. The molecule has 0 aliphatic carbocycles. The quantitative estimate of drug-likeness (QED) is 0.682. The molecule has 6 nitrogen and oxygen atoms in total. The van der Waals surface area contributed by atoms with E-state index in [1.165, 1.54) is 17.0 Å². The van der Waals surface area contributed by atoms with Crippen LogP contribution < -0.4 is 5.32 Å². The Bertz CT molecular complexity index is 1110. The van der Waals surface area contributed by atoms with Crippen molar-refractivity contribution in [1.82, 2.24) is 9.88 Å². The van der Waals surface area contributed by atoms with Gasteiger partial charge >= 0.3 is 0 Å². The molecule has 1 aromatic heterocycles. The van der Waals surface area contributed by atoms with E-state index in [1.54, 1.807) is 18.3 Å². The van der Waals surface area contributed by atoms with Crippen molar-refractivity contribution in [3.8, 4) is 0 Å². The molecule has 0 saturated heterocycles. The monoisotopic (exact) mass is 385 g/mol. The minimum absolute atomic E-state index is 0.258. The van der Waals surface area contributed by atoms with Gasteiger partial charge in [0.1, 0.15) is 5.82 Å². The van der Waals surface area contributed by atoms with Crippen molar-refractivity contribution in [3.63, 3.8) is 0 Å². The van der Waals surface area contributed by atoms with Crippen LogP contribution in [0.5, 0.6) is 0 Å². The summed E-state index contributed by atoms with van der Waals surface area (Å²) in [6.07, 6.45) is 2.18. The molecule has 1 aliphatic rings. The van der Waals surface area contributed by atoms with Gasteiger partial charge in [-0.25, -0.2) is 4.98 Å². The number of anilines is 1. The summed E-state index contributed by atoms with van der Waals surface area (Å²) in [6.45, 7) is 2.14. The van der Waals surface area contributed by atoms with Gasteiger partial charge in [0.25, 0.3) is 17.7 Å². The second kappa shape index (κ2) is 7.67. The summed E-state index contributed by atoms with van der Waals surface area (Å²) in [5.41, 5.74) is 2.78. The first-order valence-corrected chi connectivity index (χ1v) is 9.32. The van der Waals surface area contributed by atoms with Crippen LogP contribution in [0.25, 0.3) is 0 Å². The van der Waals surface area contributed by atoms with Crippen molar-refractivity contribution in [2.45, 2.75) is 13.3 Å². The van der Waals surface area contributed by atoms with Crippen LogP contribution in [0.15, 0.2) is 66.9 Å². The highest BCUT2D eigenvalue weighted by atomic mass is 16.2. The predicted molar refractivity (Wildman–Crippen MR) is 109 cm³/mol. The van der Waals surface area contributed by atoms with Crippen LogP contribution in [-0.2, 0) is 6.42 Å². The topological polar surface area (TPSA) is 79.4 Å². The van der Waals surface area contributed by atoms with Gasteiger partial charge < -0.3 is 5.32 Å². The molecular weight excluding hydrogens is 366 g/mol. The highest BCUT2D eigenvalue weighted by molar-refractivity contribution is 6.22. The van der Waals surface area contributed by atoms with Crippen LogP contribution in [0.2, 0.25) is 0 Å². The SMILES string of the molecule is Cc1cccnc1NC(=O)c1ccc2c(c1)C(=O)N(CCc1ccccc1)C2=O. The van der Waals surface area contributed by atoms with Gasteiger partial charge in [-0.15, -0.1) is 0 Å². The Hall–Kier alpha value is -3.80. The van der Waals surface area contributed by atoms with Gasteiger partial charge in [0, 0.05) is 18.3 Å². The van der Waals surface area contributed by atoms with E-state index in [0.29, 0.717) is 29.9 Å². The Labute approximate surface area is 168 Å². The number of rotatable bonds is 5. The number of nitrogens with zero attached hydrogens (tertiary/aromatic N) is 2. The lowest BCUT2D eigenvalue weighted by Gasteiger charge is -2.13. The first-order valence-electron chi connectivity index (χ1n) is 9.32. The highest BCUT2D eigenvalue weighted by Gasteiger charge is 2.35. The summed E-state index contributed by atoms with van der Waals surface area (Å²) in [4.78, 5) is 43.4. The summed E-state index contributed by atoms with van der Waals surface area (Å²) < 4.78 is 0. The van der Waals surface area contributed by atoms with E-state index in [2.05, 4.69) is 10.3 Å². The molecule has 3 aromatic rings. The van der Waals surface area contributed by atoms with E-state index < -0.39 is 0 Å². The normalized spacial score (nSPS) is 12.8. The van der Waals surface area contributed by atoms with Crippen molar-refractivity contribution < 1.29 is 14.4 Å². The maximum Gasteiger partial charge on any atom is 0.261 e. The van der Waals surface area contributed by atoms with Crippen LogP contribution in [0, 0.1) is 6.92 Å². The van der Waals surface area contributed by atoms with Gasteiger partial charge in [-0.2, -0.15) is 0 Å². The zero-order valence-corrected chi connectivity index (χ0v) is 15.9. The molecule has 0 spiro atoms. The van der Waals surface area contributed by atoms with E-state index in [9.17, 15) is 14.4 Å². The average Bonchev–Trinajstić information content (AvgIpc) is 2.98. The molecule has 6 heteroatoms. The Morgan fingerprint density at radius 3 is 2.48 bits per heavy atom. The molecule has 0 atom stereocenters. The fraction of sp³-hybridized carbons (Fsp3) is 0.130. The third-order valence-electron chi connectivity index (χ3n) is 4.94. The summed E-state index contributed by atoms with van der Waals surface area (Å²) in [5, 5.41) is 2.74. The maximum absolute atomic E-state index is 12.8. The Kier molecular flexibility index (Phi) is 4.91. The molecule has 2 aromatic carbocycles. The zero-order chi connectivity index (χ0) is 20.4. The third-order valence-corrected chi connectivity index (χ3v) is 4.94. The Balaban J connectivity index is 1.52. The number of carbonyl (C=O) groups excluding carboxylic acids is 3. The Morgan fingerprint density at radius 1 is 0.966 bits per heavy atom. The van der Waals surface area contributed by atoms with Crippen LogP contribution in [0.1, 0.15) is 42.2 Å². The van der Waals surface area contributed by atoms with Gasteiger partial charge in [-0.3, -0.25) is 19.3 Å². The second-order valence-electron chi connectivity index (χ2n) is 6.88. The number of imide groups is 1. The smallest absolute Gasteiger partial charge is 0.261 e. The fourth-order valence-electron chi connectivity index (χ4n) is 3.32. The van der Waals surface area contributed by atoms with Crippen LogP contribution in [0.4, 0.5) is 5.82 Å². The molecule has 0 saturated carbocycles. The largest absolute Gasteiger partial charge is 0.306 e. The van der Waals surface area contributed by atoms with E-state index in [-0.39, 0.29) is 23.3 Å². The van der Waals surface area contributed by atoms with Gasteiger partial charge in [0.2, 0.25) is 0 Å². The van der Waals surface area contributed by atoms with Gasteiger partial charge in [0.15, 0.2) is 0 Å². The molecule has 0 fully saturated rings. The summed E-state index contributed by atoms with van der Waals surface area (Å²) >= 11 is 0. The third kappa shape index (κ3) is 3.65. The number of carbonyl (C=O) groups is 3. The summed E-state index contributed by atoms with van der Waals surface area (Å²) in [7, 11) is 0. The molecule has 4 rings (SSSR count). The average molecular weight is 385 g/mol. The van der Waals surface area contributed by atoms with Crippen molar-refractivity contribution >= 4 is 23.5 Å². The molecule has 0 unspecified atom stereocenters. The number of benzene rings is 2. The van der Waals surface area contributed by atoms with Gasteiger partial charge in [-0.1, -0.05) is 36.4 Å². The van der Waals surface area contributed by atoms with Gasteiger partial charge in [-0.05, 0) is 48.7 Å². The lowest BCUT2D eigenvalue weighted by Crippen LogP contribution is -2.31. The number of pyridine rings is 1. The lowest BCUT2D eigenvalue weighted by atomic mass is 10.1. The summed E-state index contributed by atoms with van der Waals surface area (Å²) in [6, 6.07) is 17.9. The van der Waals surface area contributed by atoms with E-state index in [0.717, 1.165) is 11.1 Å². The van der Waals surface area contributed by atoms with Crippen molar-refractivity contribution in [2.75, 3.05) is 11.9 Å². The molecule has 0 bridgehead atoms. The minimum atomic E-state index is -0.377. The lowest BCUT2D eigenvalue weighted by molar-refractivity contribution is 0.0656. The summed E-state index contributed by atoms with van der Waals surface area (Å²) in [5.74, 6) is -0.611. The number of nitrogens with one attached hydrogen (secondary N) is 1. The number of aryl methyl sites for hydroxylation is 1. The van der Waals surface area contributed by atoms with Gasteiger partial charge in [0.05, 0.1) is 11.1 Å². The molecule has 1 N–H and O–H groups in total. The van der Waals surface area contributed by atoms with E-state index in [4.69, 9.17) is 0 Å². The van der Waals surface area contributed by atoms with Crippen LogP contribution >= 0.6 is 0 Å². The molecular formula is C23H19N3O3. The van der Waals surface area contributed by atoms with E-state index in [1.807, 2.05) is 43.3 Å². The number of hydrogen-bond donors (Lipinski definition) is 1. The first-order chi connectivity index (χ1) is 14.0. The Morgan fingerprint density at radius 2 is 1.72 bits per heavy atom. The number of amides is 3. The first kappa shape index (κ1) is 18.6. The molecule has 3 amide bonds. The van der Waals surface area contributed by atoms with Crippen molar-refractivity contribution in [3.05, 3.63) is 94.7 Å². The molecule has 144 valence electrons. The molecule has 29 heavy (non-hydrogen) atoms. The second-order valence-corrected chi connectivity index (χ2v) is 6.88. The zero-order valence-electron chi connectivity index (χ0n) is 15.9. The van der Waals surface area contributed by atoms with Crippen molar-refractivity contribution in [2.24, 2.45) is 0 Å².